The molecule has 1 rings (SSSR count). The Bertz CT molecular complexity index is 397. The van der Waals surface area contributed by atoms with E-state index in [2.05, 4.69) is 0 Å². The molecular formula is C14H21NO3. The molecule has 18 heavy (non-hydrogen) atoms. The summed E-state index contributed by atoms with van der Waals surface area (Å²) in [5, 5.41) is 9.69. The van der Waals surface area contributed by atoms with Crippen molar-refractivity contribution in [2.45, 2.75) is 32.8 Å². The number of carbonyl (C=O) groups excluding carboxylic acids is 1. The largest absolute Gasteiger partial charge is 0.440 e. The fourth-order valence-corrected chi connectivity index (χ4v) is 1.90. The van der Waals surface area contributed by atoms with Crippen LogP contribution in [0, 0.1) is 5.41 Å². The van der Waals surface area contributed by atoms with Crippen molar-refractivity contribution in [3.63, 3.8) is 0 Å². The summed E-state index contributed by atoms with van der Waals surface area (Å²) >= 11 is 0. The molecule has 0 radical (unpaired) electrons. The molecule has 1 aromatic carbocycles. The van der Waals surface area contributed by atoms with Crippen LogP contribution in [0.25, 0.3) is 0 Å². The Morgan fingerprint density at radius 3 is 2.22 bits per heavy atom. The molecule has 4 heteroatoms. The third kappa shape index (κ3) is 3.23. The van der Waals surface area contributed by atoms with Crippen molar-refractivity contribution in [1.82, 2.24) is 0 Å². The van der Waals surface area contributed by atoms with E-state index >= 15 is 0 Å². The molecule has 0 aliphatic heterocycles. The molecule has 0 aliphatic carbocycles. The lowest BCUT2D eigenvalue weighted by Crippen LogP contribution is -2.52. The first-order valence-electron chi connectivity index (χ1n) is 5.94. The summed E-state index contributed by atoms with van der Waals surface area (Å²) in [4.78, 5) is 11.1. The Kier molecular flexibility index (Phi) is 4.35. The lowest BCUT2D eigenvalue weighted by Gasteiger charge is -2.42. The van der Waals surface area contributed by atoms with Crippen LogP contribution in [0.3, 0.4) is 0 Å². The number of hydrogen-bond donors (Lipinski definition) is 2. The lowest BCUT2D eigenvalue weighted by molar-refractivity contribution is -0.0975. The molecule has 1 amide bonds. The molecule has 0 saturated carbocycles. The van der Waals surface area contributed by atoms with Gasteiger partial charge in [-0.1, -0.05) is 51.1 Å². The van der Waals surface area contributed by atoms with E-state index in [0.29, 0.717) is 6.42 Å². The summed E-state index contributed by atoms with van der Waals surface area (Å²) in [6.07, 6.45) is -0.438. The van der Waals surface area contributed by atoms with E-state index < -0.39 is 17.1 Å². The molecule has 0 fully saturated rings. The van der Waals surface area contributed by atoms with Crippen LogP contribution in [-0.4, -0.2) is 23.4 Å². The third-order valence-corrected chi connectivity index (χ3v) is 3.25. The van der Waals surface area contributed by atoms with Gasteiger partial charge in [-0.2, -0.15) is 0 Å². The van der Waals surface area contributed by atoms with Gasteiger partial charge in [-0.3, -0.25) is 0 Å². The first-order chi connectivity index (χ1) is 8.31. The number of carbonyl (C=O) groups is 1. The first kappa shape index (κ1) is 14.5. The molecule has 0 heterocycles. The van der Waals surface area contributed by atoms with Gasteiger partial charge < -0.3 is 15.6 Å². The molecule has 100 valence electrons. The highest BCUT2D eigenvalue weighted by atomic mass is 16.6. The molecule has 0 aromatic heterocycles. The number of aliphatic hydroxyl groups is 1. The fraction of sp³-hybridized carbons (Fsp3) is 0.500. The maximum atomic E-state index is 11.1. The number of aliphatic hydroxyl groups excluding tert-OH is 1. The van der Waals surface area contributed by atoms with Crippen LogP contribution in [0.5, 0.6) is 0 Å². The van der Waals surface area contributed by atoms with Gasteiger partial charge in [0.05, 0.1) is 6.61 Å². The predicted molar refractivity (Wildman–Crippen MR) is 70.1 cm³/mol. The molecule has 0 spiro atoms. The average molecular weight is 251 g/mol. The van der Waals surface area contributed by atoms with Crippen molar-refractivity contribution >= 4 is 6.09 Å². The van der Waals surface area contributed by atoms with E-state index in [9.17, 15) is 9.90 Å². The predicted octanol–water partition coefficient (Wildman–Crippen LogP) is 2.10. The van der Waals surface area contributed by atoms with E-state index in [0.717, 1.165) is 5.56 Å². The monoisotopic (exact) mass is 251 g/mol. The van der Waals surface area contributed by atoms with E-state index in [1.807, 2.05) is 51.1 Å². The molecular weight excluding hydrogens is 230 g/mol. The number of amides is 1. The van der Waals surface area contributed by atoms with Crippen LogP contribution in [0.15, 0.2) is 30.3 Å². The summed E-state index contributed by atoms with van der Waals surface area (Å²) in [6, 6.07) is 9.59. The summed E-state index contributed by atoms with van der Waals surface area (Å²) < 4.78 is 5.24. The second-order valence-electron chi connectivity index (χ2n) is 5.49. The van der Waals surface area contributed by atoms with E-state index in [1.165, 1.54) is 0 Å². The second-order valence-corrected chi connectivity index (χ2v) is 5.49. The van der Waals surface area contributed by atoms with Crippen LogP contribution in [0.1, 0.15) is 26.3 Å². The van der Waals surface area contributed by atoms with Crippen LogP contribution in [0.4, 0.5) is 4.79 Å². The highest BCUT2D eigenvalue weighted by Gasteiger charge is 2.45. The zero-order valence-electron chi connectivity index (χ0n) is 11.1. The van der Waals surface area contributed by atoms with Crippen molar-refractivity contribution in [2.24, 2.45) is 11.1 Å². The van der Waals surface area contributed by atoms with Gasteiger partial charge in [0.2, 0.25) is 0 Å². The van der Waals surface area contributed by atoms with Crippen LogP contribution >= 0.6 is 0 Å². The highest BCUT2D eigenvalue weighted by Crippen LogP contribution is 2.36. The minimum absolute atomic E-state index is 0.270. The smallest absolute Gasteiger partial charge is 0.405 e. The van der Waals surface area contributed by atoms with E-state index in [1.54, 1.807) is 0 Å². The Labute approximate surface area is 108 Å². The first-order valence-corrected chi connectivity index (χ1v) is 5.94. The van der Waals surface area contributed by atoms with E-state index in [4.69, 9.17) is 10.5 Å². The van der Waals surface area contributed by atoms with Gasteiger partial charge in [0, 0.05) is 11.8 Å². The SMILES string of the molecule is CC(C)(C)[C@@](CO)(Cc1ccccc1)OC(N)=O. The Hall–Kier alpha value is -1.55. The van der Waals surface area contributed by atoms with E-state index in [-0.39, 0.29) is 6.61 Å². The molecule has 0 bridgehead atoms. The van der Waals surface area contributed by atoms with Crippen molar-refractivity contribution in [3.05, 3.63) is 35.9 Å². The highest BCUT2D eigenvalue weighted by molar-refractivity contribution is 5.65. The fourth-order valence-electron chi connectivity index (χ4n) is 1.90. The van der Waals surface area contributed by atoms with Crippen molar-refractivity contribution in [3.8, 4) is 0 Å². The van der Waals surface area contributed by atoms with Gasteiger partial charge >= 0.3 is 6.09 Å². The van der Waals surface area contributed by atoms with Crippen molar-refractivity contribution < 1.29 is 14.6 Å². The summed E-state index contributed by atoms with van der Waals surface area (Å²) in [6.45, 7) is 5.47. The van der Waals surface area contributed by atoms with Gasteiger partial charge in [-0.15, -0.1) is 0 Å². The Morgan fingerprint density at radius 2 is 1.83 bits per heavy atom. The number of ether oxygens (including phenoxy) is 1. The van der Waals surface area contributed by atoms with Crippen LogP contribution in [-0.2, 0) is 11.2 Å². The summed E-state index contributed by atoms with van der Waals surface area (Å²) in [5.41, 5.74) is 4.68. The maximum Gasteiger partial charge on any atom is 0.405 e. The number of nitrogens with two attached hydrogens (primary N) is 1. The van der Waals surface area contributed by atoms with Gasteiger partial charge in [0.25, 0.3) is 0 Å². The second kappa shape index (κ2) is 5.40. The van der Waals surface area contributed by atoms with Gasteiger partial charge in [0.1, 0.15) is 5.60 Å². The topological polar surface area (TPSA) is 72.6 Å². The molecule has 1 atom stereocenters. The molecule has 0 saturated heterocycles. The zero-order valence-corrected chi connectivity index (χ0v) is 11.1. The Morgan fingerprint density at radius 1 is 1.28 bits per heavy atom. The minimum atomic E-state index is -1.01. The van der Waals surface area contributed by atoms with Crippen molar-refractivity contribution in [2.75, 3.05) is 6.61 Å². The lowest BCUT2D eigenvalue weighted by atomic mass is 9.73. The number of benzene rings is 1. The number of hydrogen-bond acceptors (Lipinski definition) is 3. The van der Waals surface area contributed by atoms with Crippen LogP contribution < -0.4 is 5.73 Å². The van der Waals surface area contributed by atoms with Crippen molar-refractivity contribution in [1.29, 1.82) is 0 Å². The third-order valence-electron chi connectivity index (χ3n) is 3.25. The maximum absolute atomic E-state index is 11.1. The molecule has 0 aliphatic rings. The van der Waals surface area contributed by atoms with Crippen LogP contribution in [0.2, 0.25) is 0 Å². The summed E-state index contributed by atoms with van der Waals surface area (Å²) in [5.74, 6) is 0. The number of primary amides is 1. The van der Waals surface area contributed by atoms with Gasteiger partial charge in [-0.05, 0) is 5.56 Å². The quantitative estimate of drug-likeness (QED) is 0.860. The summed E-state index contributed by atoms with van der Waals surface area (Å²) in [7, 11) is 0. The molecule has 3 N–H and O–H groups in total. The van der Waals surface area contributed by atoms with Gasteiger partial charge in [0.15, 0.2) is 0 Å². The standard InChI is InChI=1S/C14H21NO3/c1-13(2,3)14(10-16,18-12(15)17)9-11-7-5-4-6-8-11/h4-8,16H,9-10H2,1-3H3,(H2,15,17)/t14-/m0/s1. The molecule has 4 nitrogen and oxygen atoms in total. The number of rotatable bonds is 4. The van der Waals surface area contributed by atoms with Gasteiger partial charge in [-0.25, -0.2) is 4.79 Å². The Balaban J connectivity index is 3.07. The molecule has 0 unspecified atom stereocenters. The normalized spacial score (nSPS) is 14.9. The average Bonchev–Trinajstić information content (AvgIpc) is 2.27. The zero-order chi connectivity index (χ0) is 13.8. The minimum Gasteiger partial charge on any atom is -0.440 e. The molecule has 1 aromatic rings.